The van der Waals surface area contributed by atoms with Gasteiger partial charge in [-0.1, -0.05) is 26.2 Å². The second kappa shape index (κ2) is 7.46. The zero-order valence-corrected chi connectivity index (χ0v) is 11.9. The molecule has 1 aromatic carbocycles. The number of carbonyl (C=O) groups is 1. The summed E-state index contributed by atoms with van der Waals surface area (Å²) in [5, 5.41) is 41.1. The fraction of sp³-hybridized carbons (Fsp3) is 0.462. The van der Waals surface area contributed by atoms with Crippen LogP contribution in [0.2, 0.25) is 0 Å². The summed E-state index contributed by atoms with van der Waals surface area (Å²) in [6.07, 6.45) is 0.984. The van der Waals surface area contributed by atoms with Crippen LogP contribution in [0.4, 0.5) is 11.4 Å². The molecule has 0 radical (unpaired) electrons. The van der Waals surface area contributed by atoms with Gasteiger partial charge in [0.25, 0.3) is 11.4 Å². The van der Waals surface area contributed by atoms with Crippen LogP contribution in [0.15, 0.2) is 12.1 Å². The third-order valence-corrected chi connectivity index (χ3v) is 3.20. The molecule has 0 spiro atoms. The lowest BCUT2D eigenvalue weighted by molar-refractivity contribution is -0.395. The Hall–Kier alpha value is -2.55. The SMILES string of the molecule is CCCCCC(O)c1c(C(=O)O)cc([N+](=O)[O-])cc1[N+](=O)[O-]. The summed E-state index contributed by atoms with van der Waals surface area (Å²) in [4.78, 5) is 31.3. The summed E-state index contributed by atoms with van der Waals surface area (Å²) < 4.78 is 0. The molecule has 1 rings (SSSR count). The Kier molecular flexibility index (Phi) is 5.93. The number of carboxylic acids is 1. The monoisotopic (exact) mass is 312 g/mol. The third-order valence-electron chi connectivity index (χ3n) is 3.20. The van der Waals surface area contributed by atoms with E-state index in [9.17, 15) is 30.1 Å². The van der Waals surface area contributed by atoms with Crippen molar-refractivity contribution in [2.75, 3.05) is 0 Å². The zero-order valence-electron chi connectivity index (χ0n) is 11.9. The molecule has 1 unspecified atom stereocenters. The first-order chi connectivity index (χ1) is 10.3. The van der Waals surface area contributed by atoms with Crippen LogP contribution in [0.1, 0.15) is 54.6 Å². The number of hydrogen-bond donors (Lipinski definition) is 2. The molecule has 9 nitrogen and oxygen atoms in total. The molecule has 0 aliphatic heterocycles. The van der Waals surface area contributed by atoms with Gasteiger partial charge in [0.1, 0.15) is 0 Å². The zero-order chi connectivity index (χ0) is 16.9. The molecular weight excluding hydrogens is 296 g/mol. The van der Waals surface area contributed by atoms with Gasteiger partial charge in [-0.25, -0.2) is 4.79 Å². The van der Waals surface area contributed by atoms with Crippen molar-refractivity contribution in [2.45, 2.75) is 38.7 Å². The molecule has 9 heteroatoms. The van der Waals surface area contributed by atoms with E-state index in [1.165, 1.54) is 0 Å². The molecule has 0 aliphatic carbocycles. The van der Waals surface area contributed by atoms with Crippen molar-refractivity contribution in [3.05, 3.63) is 43.5 Å². The first kappa shape index (κ1) is 17.5. The summed E-state index contributed by atoms with van der Waals surface area (Å²) >= 11 is 0. The molecule has 0 aliphatic rings. The maximum Gasteiger partial charge on any atom is 0.336 e. The van der Waals surface area contributed by atoms with Gasteiger partial charge >= 0.3 is 5.97 Å². The normalized spacial score (nSPS) is 11.9. The Morgan fingerprint density at radius 1 is 1.23 bits per heavy atom. The second-order valence-corrected chi connectivity index (χ2v) is 4.76. The first-order valence-corrected chi connectivity index (χ1v) is 6.67. The highest BCUT2D eigenvalue weighted by molar-refractivity contribution is 5.92. The largest absolute Gasteiger partial charge is 0.478 e. The molecule has 0 fully saturated rings. The number of non-ortho nitro benzene ring substituents is 1. The molecule has 1 atom stereocenters. The highest BCUT2D eigenvalue weighted by Gasteiger charge is 2.31. The Morgan fingerprint density at radius 2 is 1.86 bits per heavy atom. The molecule has 0 amide bonds. The Bertz CT molecular complexity index is 565. The van der Waals surface area contributed by atoms with Gasteiger partial charge in [-0.05, 0) is 6.42 Å². The van der Waals surface area contributed by atoms with E-state index in [4.69, 9.17) is 5.11 Å². The van der Waals surface area contributed by atoms with Crippen LogP contribution in [0, 0.1) is 20.2 Å². The summed E-state index contributed by atoms with van der Waals surface area (Å²) in [5.74, 6) is -1.56. The predicted molar refractivity (Wildman–Crippen MR) is 75.8 cm³/mol. The van der Waals surface area contributed by atoms with Crippen LogP contribution in [-0.4, -0.2) is 26.0 Å². The fourth-order valence-electron chi connectivity index (χ4n) is 2.14. The number of aliphatic hydroxyl groups excluding tert-OH is 1. The van der Waals surface area contributed by atoms with E-state index in [0.29, 0.717) is 12.5 Å². The maximum absolute atomic E-state index is 11.2. The van der Waals surface area contributed by atoms with E-state index in [-0.39, 0.29) is 12.0 Å². The second-order valence-electron chi connectivity index (χ2n) is 4.76. The Balaban J connectivity index is 3.41. The van der Waals surface area contributed by atoms with Crippen LogP contribution in [0.25, 0.3) is 0 Å². The van der Waals surface area contributed by atoms with Crippen molar-refractivity contribution in [2.24, 2.45) is 0 Å². The topological polar surface area (TPSA) is 144 Å². The van der Waals surface area contributed by atoms with Crippen LogP contribution in [0.3, 0.4) is 0 Å². The van der Waals surface area contributed by atoms with Crippen molar-refractivity contribution < 1.29 is 24.9 Å². The van der Waals surface area contributed by atoms with Crippen molar-refractivity contribution in [1.29, 1.82) is 0 Å². The summed E-state index contributed by atoms with van der Waals surface area (Å²) in [6.45, 7) is 1.93. The minimum Gasteiger partial charge on any atom is -0.478 e. The molecular formula is C13H16N2O7. The molecule has 0 saturated heterocycles. The average Bonchev–Trinajstić information content (AvgIpc) is 2.45. The Labute approximate surface area is 125 Å². The molecule has 0 heterocycles. The lowest BCUT2D eigenvalue weighted by Gasteiger charge is -2.13. The van der Waals surface area contributed by atoms with Crippen LogP contribution in [-0.2, 0) is 0 Å². The van der Waals surface area contributed by atoms with Gasteiger partial charge in [-0.2, -0.15) is 0 Å². The number of nitrogens with zero attached hydrogens (tertiary/aromatic N) is 2. The molecule has 0 aromatic heterocycles. The van der Waals surface area contributed by atoms with E-state index in [2.05, 4.69) is 0 Å². The number of carboxylic acid groups (broad SMARTS) is 1. The first-order valence-electron chi connectivity index (χ1n) is 6.67. The number of rotatable bonds is 8. The number of aliphatic hydroxyl groups is 1. The van der Waals surface area contributed by atoms with E-state index in [0.717, 1.165) is 18.9 Å². The number of nitro benzene ring substituents is 2. The van der Waals surface area contributed by atoms with Crippen LogP contribution < -0.4 is 0 Å². The van der Waals surface area contributed by atoms with Crippen molar-refractivity contribution in [3.8, 4) is 0 Å². The smallest absolute Gasteiger partial charge is 0.336 e. The average molecular weight is 312 g/mol. The van der Waals surface area contributed by atoms with Crippen molar-refractivity contribution in [3.63, 3.8) is 0 Å². The van der Waals surface area contributed by atoms with Crippen molar-refractivity contribution in [1.82, 2.24) is 0 Å². The highest BCUT2D eigenvalue weighted by Crippen LogP contribution is 2.35. The maximum atomic E-state index is 11.2. The van der Waals surface area contributed by atoms with E-state index in [1.54, 1.807) is 0 Å². The standard InChI is InChI=1S/C13H16N2O7/c1-2-3-4-5-11(16)12-9(13(17)18)6-8(14(19)20)7-10(12)15(21)22/h6-7,11,16H,2-5H2,1H3,(H,17,18). The molecule has 22 heavy (non-hydrogen) atoms. The van der Waals surface area contributed by atoms with Gasteiger partial charge in [0, 0.05) is 6.07 Å². The van der Waals surface area contributed by atoms with Gasteiger partial charge in [-0.3, -0.25) is 20.2 Å². The predicted octanol–water partition coefficient (Wildman–Crippen LogP) is 2.81. The van der Waals surface area contributed by atoms with Gasteiger partial charge in [0.15, 0.2) is 0 Å². The molecule has 120 valence electrons. The van der Waals surface area contributed by atoms with Gasteiger partial charge in [0.05, 0.1) is 33.1 Å². The van der Waals surface area contributed by atoms with E-state index >= 15 is 0 Å². The van der Waals surface area contributed by atoms with Gasteiger partial charge in [0.2, 0.25) is 0 Å². The summed E-state index contributed by atoms with van der Waals surface area (Å²) in [5.41, 5.74) is -2.46. The minimum atomic E-state index is -1.56. The molecule has 0 saturated carbocycles. The number of hydrogen-bond acceptors (Lipinski definition) is 6. The van der Waals surface area contributed by atoms with Crippen molar-refractivity contribution >= 4 is 17.3 Å². The summed E-state index contributed by atoms with van der Waals surface area (Å²) in [7, 11) is 0. The quantitative estimate of drug-likeness (QED) is 0.426. The number of benzene rings is 1. The number of nitro groups is 2. The lowest BCUT2D eigenvalue weighted by Crippen LogP contribution is -2.11. The number of unbranched alkanes of at least 4 members (excludes halogenated alkanes) is 2. The van der Waals surface area contributed by atoms with Gasteiger partial charge < -0.3 is 10.2 Å². The fourth-order valence-corrected chi connectivity index (χ4v) is 2.14. The van der Waals surface area contributed by atoms with Crippen LogP contribution >= 0.6 is 0 Å². The van der Waals surface area contributed by atoms with Crippen LogP contribution in [0.5, 0.6) is 0 Å². The number of aromatic carboxylic acids is 1. The third kappa shape index (κ3) is 3.98. The molecule has 1 aromatic rings. The van der Waals surface area contributed by atoms with Gasteiger partial charge in [-0.15, -0.1) is 0 Å². The van der Waals surface area contributed by atoms with E-state index < -0.39 is 38.9 Å². The van der Waals surface area contributed by atoms with E-state index in [1.807, 2.05) is 6.92 Å². The minimum absolute atomic E-state index is 0.146. The lowest BCUT2D eigenvalue weighted by atomic mass is 9.95. The Morgan fingerprint density at radius 3 is 2.32 bits per heavy atom. The summed E-state index contributed by atoms with van der Waals surface area (Å²) in [6, 6.07) is 1.40. The molecule has 0 bridgehead atoms. The highest BCUT2D eigenvalue weighted by atomic mass is 16.6. The molecule has 2 N–H and O–H groups in total.